The van der Waals surface area contributed by atoms with Crippen LogP contribution in [0.15, 0.2) is 23.1 Å². The first-order valence-electron chi connectivity index (χ1n) is 4.09. The summed E-state index contributed by atoms with van der Waals surface area (Å²) in [4.78, 5) is 10.6. The minimum atomic E-state index is -1.15. The number of thioether (sulfide) groups is 1. The molecule has 1 aromatic carbocycles. The summed E-state index contributed by atoms with van der Waals surface area (Å²) in [7, 11) is 0. The summed E-state index contributed by atoms with van der Waals surface area (Å²) in [5, 5.41) is 7.71. The van der Waals surface area contributed by atoms with Gasteiger partial charge in [-0.2, -0.15) is 0 Å². The number of aliphatic carboxylic acids is 1. The van der Waals surface area contributed by atoms with Gasteiger partial charge >= 0.3 is 5.97 Å². The highest BCUT2D eigenvalue weighted by atomic mass is 32.2. The van der Waals surface area contributed by atoms with Crippen molar-refractivity contribution in [1.82, 2.24) is 0 Å². The topological polar surface area (TPSA) is 63.3 Å². The van der Waals surface area contributed by atoms with E-state index in [0.717, 1.165) is 18.2 Å². The van der Waals surface area contributed by atoms with Gasteiger partial charge in [0, 0.05) is 11.4 Å². The van der Waals surface area contributed by atoms with E-state index in [-0.39, 0.29) is 11.4 Å². The van der Waals surface area contributed by atoms with Gasteiger partial charge in [-0.25, -0.2) is 8.78 Å². The summed E-state index contributed by atoms with van der Waals surface area (Å²) in [6.07, 6.45) is 0. The fourth-order valence-corrected chi connectivity index (χ4v) is 1.78. The standard InChI is InChI=1S/C9H9F2NO2S/c10-5-1-2-6(11)7(3-5)15-8(4-12)9(13)14/h1-3,8H,4,12H2,(H,13,14). The van der Waals surface area contributed by atoms with Gasteiger partial charge in [0.05, 0.1) is 0 Å². The van der Waals surface area contributed by atoms with Gasteiger partial charge in [0.15, 0.2) is 0 Å². The van der Waals surface area contributed by atoms with E-state index >= 15 is 0 Å². The van der Waals surface area contributed by atoms with E-state index in [4.69, 9.17) is 10.8 Å². The molecule has 0 aliphatic carbocycles. The number of nitrogens with two attached hydrogens (primary N) is 1. The zero-order chi connectivity index (χ0) is 11.4. The van der Waals surface area contributed by atoms with Gasteiger partial charge in [-0.15, -0.1) is 11.8 Å². The Bertz CT molecular complexity index is 373. The van der Waals surface area contributed by atoms with Crippen LogP contribution in [0.2, 0.25) is 0 Å². The van der Waals surface area contributed by atoms with Gasteiger partial charge in [0.1, 0.15) is 16.9 Å². The van der Waals surface area contributed by atoms with Crippen molar-refractivity contribution in [2.45, 2.75) is 10.1 Å². The Kier molecular flexibility index (Phi) is 4.05. The van der Waals surface area contributed by atoms with Crippen LogP contribution >= 0.6 is 11.8 Å². The van der Waals surface area contributed by atoms with Gasteiger partial charge < -0.3 is 10.8 Å². The molecule has 15 heavy (non-hydrogen) atoms. The summed E-state index contributed by atoms with van der Waals surface area (Å²) in [6, 6.07) is 2.87. The van der Waals surface area contributed by atoms with Crippen molar-refractivity contribution in [2.75, 3.05) is 6.54 Å². The molecule has 0 aromatic heterocycles. The molecule has 6 heteroatoms. The lowest BCUT2D eigenvalue weighted by atomic mass is 10.3. The molecule has 0 saturated heterocycles. The van der Waals surface area contributed by atoms with E-state index in [0.29, 0.717) is 11.8 Å². The van der Waals surface area contributed by atoms with Crippen LogP contribution < -0.4 is 5.73 Å². The predicted octanol–water partition coefficient (Wildman–Crippen LogP) is 1.47. The number of carbonyl (C=O) groups is 1. The molecule has 3 N–H and O–H groups in total. The SMILES string of the molecule is NCC(Sc1cc(F)ccc1F)C(=O)O. The minimum absolute atomic E-state index is 0.0483. The molecule has 0 heterocycles. The summed E-state index contributed by atoms with van der Waals surface area (Å²) >= 11 is 0.698. The second-order valence-corrected chi connectivity index (χ2v) is 4.00. The smallest absolute Gasteiger partial charge is 0.318 e. The number of hydrogen-bond acceptors (Lipinski definition) is 3. The maximum atomic E-state index is 13.1. The van der Waals surface area contributed by atoms with Crippen molar-refractivity contribution < 1.29 is 18.7 Å². The van der Waals surface area contributed by atoms with E-state index in [9.17, 15) is 13.6 Å². The largest absolute Gasteiger partial charge is 0.480 e. The molecule has 0 amide bonds. The van der Waals surface area contributed by atoms with Crippen LogP contribution in [0, 0.1) is 11.6 Å². The maximum absolute atomic E-state index is 13.1. The second-order valence-electron chi connectivity index (χ2n) is 2.76. The van der Waals surface area contributed by atoms with Crippen molar-refractivity contribution in [3.63, 3.8) is 0 Å². The van der Waals surface area contributed by atoms with E-state index < -0.39 is 22.9 Å². The third-order valence-corrected chi connectivity index (χ3v) is 2.90. The summed E-state index contributed by atoms with van der Waals surface area (Å²) < 4.78 is 25.9. The average molecular weight is 233 g/mol. The van der Waals surface area contributed by atoms with Gasteiger partial charge in [-0.3, -0.25) is 4.79 Å². The lowest BCUT2D eigenvalue weighted by molar-refractivity contribution is -0.136. The highest BCUT2D eigenvalue weighted by Crippen LogP contribution is 2.26. The Morgan fingerprint density at radius 2 is 2.20 bits per heavy atom. The quantitative estimate of drug-likeness (QED) is 0.773. The van der Waals surface area contributed by atoms with E-state index in [1.165, 1.54) is 0 Å². The first kappa shape index (κ1) is 11.9. The van der Waals surface area contributed by atoms with Gasteiger partial charge in [0.2, 0.25) is 0 Å². The van der Waals surface area contributed by atoms with Crippen LogP contribution in [-0.2, 0) is 4.79 Å². The Morgan fingerprint density at radius 1 is 1.53 bits per heavy atom. The fourth-order valence-electron chi connectivity index (χ4n) is 0.920. The van der Waals surface area contributed by atoms with Gasteiger partial charge in [-0.05, 0) is 18.2 Å². The second kappa shape index (κ2) is 5.09. The Hall–Kier alpha value is -1.14. The number of carboxylic acids is 1. The van der Waals surface area contributed by atoms with Crippen LogP contribution in [0.25, 0.3) is 0 Å². The van der Waals surface area contributed by atoms with Gasteiger partial charge in [-0.1, -0.05) is 0 Å². The van der Waals surface area contributed by atoms with E-state index in [1.807, 2.05) is 0 Å². The van der Waals surface area contributed by atoms with Crippen LogP contribution in [0.4, 0.5) is 8.78 Å². The Morgan fingerprint density at radius 3 is 2.73 bits per heavy atom. The van der Waals surface area contributed by atoms with Crippen molar-refractivity contribution in [2.24, 2.45) is 5.73 Å². The summed E-state index contributed by atoms with van der Waals surface area (Å²) in [5.41, 5.74) is 5.19. The monoisotopic (exact) mass is 233 g/mol. The molecule has 0 fully saturated rings. The van der Waals surface area contributed by atoms with E-state index in [2.05, 4.69) is 0 Å². The molecule has 0 aliphatic rings. The van der Waals surface area contributed by atoms with Crippen molar-refractivity contribution in [3.05, 3.63) is 29.8 Å². The third-order valence-electron chi connectivity index (χ3n) is 1.65. The molecule has 3 nitrogen and oxygen atoms in total. The number of rotatable bonds is 4. The van der Waals surface area contributed by atoms with E-state index in [1.54, 1.807) is 0 Å². The van der Waals surface area contributed by atoms with Gasteiger partial charge in [0.25, 0.3) is 0 Å². The Labute approximate surface area is 89.3 Å². The first-order valence-corrected chi connectivity index (χ1v) is 4.97. The van der Waals surface area contributed by atoms with Crippen LogP contribution in [0.1, 0.15) is 0 Å². The number of benzene rings is 1. The number of hydrogen-bond donors (Lipinski definition) is 2. The molecule has 1 rings (SSSR count). The molecular formula is C9H9F2NO2S. The lowest BCUT2D eigenvalue weighted by Gasteiger charge is -2.09. The molecule has 82 valence electrons. The first-order chi connectivity index (χ1) is 7.04. The van der Waals surface area contributed by atoms with Crippen molar-refractivity contribution >= 4 is 17.7 Å². The van der Waals surface area contributed by atoms with Crippen LogP contribution in [0.5, 0.6) is 0 Å². The lowest BCUT2D eigenvalue weighted by Crippen LogP contribution is -2.25. The zero-order valence-electron chi connectivity index (χ0n) is 7.61. The molecule has 0 spiro atoms. The highest BCUT2D eigenvalue weighted by Gasteiger charge is 2.19. The fraction of sp³-hybridized carbons (Fsp3) is 0.222. The Balaban J connectivity index is 2.87. The molecule has 1 unspecified atom stereocenters. The molecule has 0 bridgehead atoms. The third kappa shape index (κ3) is 3.17. The minimum Gasteiger partial charge on any atom is -0.480 e. The highest BCUT2D eigenvalue weighted by molar-refractivity contribution is 8.00. The molecule has 1 aromatic rings. The zero-order valence-corrected chi connectivity index (χ0v) is 8.43. The van der Waals surface area contributed by atoms with Crippen molar-refractivity contribution in [3.8, 4) is 0 Å². The number of carboxylic acid groups (broad SMARTS) is 1. The number of halogens is 2. The average Bonchev–Trinajstić information content (AvgIpc) is 2.18. The normalized spacial score (nSPS) is 12.5. The summed E-state index contributed by atoms with van der Waals surface area (Å²) in [5.74, 6) is -2.41. The molecule has 0 saturated carbocycles. The maximum Gasteiger partial charge on any atom is 0.318 e. The molecule has 0 radical (unpaired) electrons. The van der Waals surface area contributed by atoms with Crippen LogP contribution in [-0.4, -0.2) is 22.9 Å². The molecule has 1 atom stereocenters. The van der Waals surface area contributed by atoms with Crippen LogP contribution in [0.3, 0.4) is 0 Å². The molecule has 0 aliphatic heterocycles. The molecular weight excluding hydrogens is 224 g/mol. The summed E-state index contributed by atoms with van der Waals surface area (Å²) in [6.45, 7) is -0.143. The predicted molar refractivity (Wildman–Crippen MR) is 52.7 cm³/mol. The van der Waals surface area contributed by atoms with Crippen molar-refractivity contribution in [1.29, 1.82) is 0 Å².